The highest BCUT2D eigenvalue weighted by Crippen LogP contribution is 2.36. The zero-order valence-corrected chi connectivity index (χ0v) is 24.3. The number of methoxy groups -OCH3 is 1. The van der Waals surface area contributed by atoms with Crippen molar-refractivity contribution >= 4 is 79.0 Å². The van der Waals surface area contributed by atoms with Gasteiger partial charge in [-0.1, -0.05) is 17.7 Å². The van der Waals surface area contributed by atoms with Crippen molar-refractivity contribution in [2.75, 3.05) is 23.9 Å². The zero-order chi connectivity index (χ0) is 29.0. The molecule has 1 heterocycles. The largest absolute Gasteiger partial charge is 0.481 e. The molecule has 0 bridgehead atoms. The maximum absolute atomic E-state index is 13.2. The van der Waals surface area contributed by atoms with Gasteiger partial charge < -0.3 is 14.8 Å². The molecule has 204 valence electrons. The molecule has 1 aliphatic heterocycles. The van der Waals surface area contributed by atoms with Gasteiger partial charge in [0.05, 0.1) is 27.3 Å². The van der Waals surface area contributed by atoms with Crippen LogP contribution in [0.25, 0.3) is 6.08 Å². The van der Waals surface area contributed by atoms with E-state index in [0.29, 0.717) is 25.9 Å². The van der Waals surface area contributed by atoms with E-state index in [-0.39, 0.29) is 29.3 Å². The molecule has 40 heavy (non-hydrogen) atoms. The third-order valence-corrected chi connectivity index (χ3v) is 6.84. The lowest BCUT2D eigenvalue weighted by Crippen LogP contribution is -2.54. The second kappa shape index (κ2) is 12.3. The predicted molar refractivity (Wildman–Crippen MR) is 154 cm³/mol. The van der Waals surface area contributed by atoms with E-state index in [2.05, 4.69) is 47.2 Å². The van der Waals surface area contributed by atoms with Gasteiger partial charge in [-0.05, 0) is 99.0 Å². The van der Waals surface area contributed by atoms with Crippen molar-refractivity contribution in [3.63, 3.8) is 0 Å². The molecular formula is C28H21Br2N3O7. The number of hydrogen-bond acceptors (Lipinski definition) is 7. The van der Waals surface area contributed by atoms with Gasteiger partial charge in [-0.3, -0.25) is 19.7 Å². The molecule has 1 saturated heterocycles. The number of amides is 5. The fraction of sp³-hybridized carbons (Fsp3) is 0.107. The van der Waals surface area contributed by atoms with Crippen LogP contribution in [0.15, 0.2) is 75.2 Å². The summed E-state index contributed by atoms with van der Waals surface area (Å²) >= 11 is 6.79. The van der Waals surface area contributed by atoms with E-state index in [1.54, 1.807) is 24.3 Å². The average molecular weight is 671 g/mol. The van der Waals surface area contributed by atoms with Crippen LogP contribution >= 0.6 is 31.9 Å². The van der Waals surface area contributed by atoms with E-state index in [9.17, 15) is 24.0 Å². The Morgan fingerprint density at radius 3 is 2.20 bits per heavy atom. The number of halogens is 2. The molecular weight excluding hydrogens is 650 g/mol. The van der Waals surface area contributed by atoms with Crippen LogP contribution in [0.3, 0.4) is 0 Å². The van der Waals surface area contributed by atoms with Crippen molar-refractivity contribution in [2.24, 2.45) is 0 Å². The fourth-order valence-electron chi connectivity index (χ4n) is 3.70. The highest BCUT2D eigenvalue weighted by molar-refractivity contribution is 9.11. The number of nitrogens with zero attached hydrogens (tertiary/aromatic N) is 1. The highest BCUT2D eigenvalue weighted by atomic mass is 79.9. The van der Waals surface area contributed by atoms with Crippen LogP contribution in [-0.4, -0.2) is 43.4 Å². The van der Waals surface area contributed by atoms with Crippen molar-refractivity contribution in [3.8, 4) is 5.75 Å². The number of ether oxygens (including phenoxy) is 2. The van der Waals surface area contributed by atoms with Crippen LogP contribution in [-0.2, 0) is 19.1 Å². The van der Waals surface area contributed by atoms with Crippen LogP contribution < -0.4 is 20.3 Å². The van der Waals surface area contributed by atoms with E-state index < -0.39 is 23.8 Å². The van der Waals surface area contributed by atoms with Gasteiger partial charge in [-0.25, -0.2) is 14.5 Å². The first kappa shape index (κ1) is 28.7. The minimum Gasteiger partial charge on any atom is -0.481 e. The molecule has 10 nitrogen and oxygen atoms in total. The minimum atomic E-state index is -0.923. The number of aryl methyl sites for hydroxylation is 1. The number of urea groups is 1. The molecule has 1 aliphatic rings. The van der Waals surface area contributed by atoms with Gasteiger partial charge in [0.25, 0.3) is 17.7 Å². The van der Waals surface area contributed by atoms with Gasteiger partial charge in [0.2, 0.25) is 0 Å². The van der Waals surface area contributed by atoms with Crippen molar-refractivity contribution < 1.29 is 33.4 Å². The summed E-state index contributed by atoms with van der Waals surface area (Å²) in [6.07, 6.45) is 1.32. The number of benzene rings is 3. The Hall–Kier alpha value is -4.29. The van der Waals surface area contributed by atoms with Crippen LogP contribution in [0, 0.1) is 6.92 Å². The molecule has 2 N–H and O–H groups in total. The fourth-order valence-corrected chi connectivity index (χ4v) is 5.15. The number of hydrogen-bond donors (Lipinski definition) is 2. The van der Waals surface area contributed by atoms with E-state index in [4.69, 9.17) is 4.74 Å². The number of imide groups is 2. The van der Waals surface area contributed by atoms with Crippen molar-refractivity contribution in [1.29, 1.82) is 0 Å². The third-order valence-electron chi connectivity index (χ3n) is 5.66. The Labute approximate surface area is 245 Å². The average Bonchev–Trinajstić information content (AvgIpc) is 2.91. The lowest BCUT2D eigenvalue weighted by Gasteiger charge is -2.26. The van der Waals surface area contributed by atoms with Crippen molar-refractivity contribution in [2.45, 2.75) is 6.92 Å². The smallest absolute Gasteiger partial charge is 0.337 e. The monoisotopic (exact) mass is 669 g/mol. The molecule has 0 aromatic heterocycles. The minimum absolute atomic E-state index is 0.156. The highest BCUT2D eigenvalue weighted by Gasteiger charge is 2.37. The van der Waals surface area contributed by atoms with Crippen LogP contribution in [0.1, 0.15) is 21.5 Å². The Morgan fingerprint density at radius 1 is 0.975 bits per heavy atom. The molecule has 12 heteroatoms. The summed E-state index contributed by atoms with van der Waals surface area (Å²) < 4.78 is 11.2. The summed E-state index contributed by atoms with van der Waals surface area (Å²) in [5, 5.41) is 4.89. The SMILES string of the molecule is COC(=O)c1ccc(N2C(=O)NC(=O)/C(=C\c3cc(Br)c(OCC(=O)Nc4ccc(C)cc4)c(Br)c3)C2=O)cc1. The zero-order valence-electron chi connectivity index (χ0n) is 21.1. The molecule has 4 rings (SSSR count). The molecule has 0 unspecified atom stereocenters. The first-order valence-corrected chi connectivity index (χ1v) is 13.2. The number of anilines is 2. The standard InChI is InChI=1S/C28H21Br2N3O7/c1-15-3-7-18(8-4-15)31-23(34)14-40-24-21(29)12-16(13-22(24)30)11-20-25(35)32-28(38)33(26(20)36)19-9-5-17(6-10-19)27(37)39-2/h3-13H,14H2,1-2H3,(H,31,34)(H,32,35,38)/b20-11+. The van der Waals surface area contributed by atoms with Gasteiger partial charge >= 0.3 is 12.0 Å². The summed E-state index contributed by atoms with van der Waals surface area (Å²) in [4.78, 5) is 63.1. The number of rotatable bonds is 7. The number of barbiturate groups is 1. The van der Waals surface area contributed by atoms with Gasteiger partial charge in [0, 0.05) is 5.69 Å². The van der Waals surface area contributed by atoms with E-state index in [0.717, 1.165) is 10.5 Å². The van der Waals surface area contributed by atoms with E-state index >= 15 is 0 Å². The molecule has 3 aromatic rings. The Bertz CT molecular complexity index is 1530. The molecule has 3 aromatic carbocycles. The molecule has 0 spiro atoms. The van der Waals surface area contributed by atoms with Crippen molar-refractivity contribution in [3.05, 3.63) is 91.9 Å². The number of nitrogens with one attached hydrogen (secondary N) is 2. The lowest BCUT2D eigenvalue weighted by atomic mass is 10.1. The maximum atomic E-state index is 13.2. The Balaban J connectivity index is 1.51. The Kier molecular flexibility index (Phi) is 8.80. The molecule has 1 fully saturated rings. The summed E-state index contributed by atoms with van der Waals surface area (Å²) in [7, 11) is 1.24. The summed E-state index contributed by atoms with van der Waals surface area (Å²) in [5.74, 6) is -2.31. The summed E-state index contributed by atoms with van der Waals surface area (Å²) in [6, 6.07) is 15.2. The number of carbonyl (C=O) groups is 5. The maximum Gasteiger partial charge on any atom is 0.337 e. The first-order chi connectivity index (χ1) is 19.1. The number of carbonyl (C=O) groups excluding carboxylic acids is 5. The molecule has 0 radical (unpaired) electrons. The van der Waals surface area contributed by atoms with Crippen LogP contribution in [0.5, 0.6) is 5.75 Å². The normalized spacial score (nSPS) is 14.2. The van der Waals surface area contributed by atoms with Crippen molar-refractivity contribution in [1.82, 2.24) is 5.32 Å². The van der Waals surface area contributed by atoms with Crippen LogP contribution in [0.2, 0.25) is 0 Å². The molecule has 0 atom stereocenters. The lowest BCUT2D eigenvalue weighted by molar-refractivity contribution is -0.122. The first-order valence-electron chi connectivity index (χ1n) is 11.7. The topological polar surface area (TPSA) is 131 Å². The second-order valence-corrected chi connectivity index (χ2v) is 10.2. The van der Waals surface area contributed by atoms with Gasteiger partial charge in [-0.15, -0.1) is 0 Å². The molecule has 0 aliphatic carbocycles. The van der Waals surface area contributed by atoms with Gasteiger partial charge in [0.1, 0.15) is 11.3 Å². The Morgan fingerprint density at radius 2 is 1.60 bits per heavy atom. The summed E-state index contributed by atoms with van der Waals surface area (Å²) in [5.41, 5.74) is 2.24. The van der Waals surface area contributed by atoms with Crippen LogP contribution in [0.4, 0.5) is 16.2 Å². The quantitative estimate of drug-likeness (QED) is 0.206. The van der Waals surface area contributed by atoms with E-state index in [1.165, 1.54) is 37.5 Å². The number of esters is 1. The third kappa shape index (κ3) is 6.46. The molecule has 0 saturated carbocycles. The second-order valence-electron chi connectivity index (χ2n) is 8.51. The predicted octanol–water partition coefficient (Wildman–Crippen LogP) is 4.99. The van der Waals surface area contributed by atoms with E-state index in [1.807, 2.05) is 19.1 Å². The van der Waals surface area contributed by atoms with Gasteiger partial charge in [-0.2, -0.15) is 0 Å². The molecule has 5 amide bonds. The van der Waals surface area contributed by atoms with Gasteiger partial charge in [0.15, 0.2) is 6.61 Å². The summed E-state index contributed by atoms with van der Waals surface area (Å²) in [6.45, 7) is 1.68.